The van der Waals surface area contributed by atoms with Crippen molar-refractivity contribution in [1.29, 1.82) is 0 Å². The number of β-amino-alcohol motifs (C(OH)–C–C–N with tert-alkyl or cyclic N) is 1. The molecule has 2 unspecified atom stereocenters. The molecule has 2 aliphatic heterocycles. The average molecular weight is 467 g/mol. The normalized spacial score (nSPS) is 22.4. The van der Waals surface area contributed by atoms with E-state index in [2.05, 4.69) is 21.9 Å². The topological polar surface area (TPSA) is 65.4 Å². The van der Waals surface area contributed by atoms with Gasteiger partial charge in [0, 0.05) is 26.2 Å². The summed E-state index contributed by atoms with van der Waals surface area (Å²) in [5.74, 6) is 1.80. The lowest BCUT2D eigenvalue weighted by Gasteiger charge is -2.40. The molecule has 0 aromatic heterocycles. The lowest BCUT2D eigenvalue weighted by Crippen LogP contribution is -2.51. The predicted molar refractivity (Wildman–Crippen MR) is 132 cm³/mol. The van der Waals surface area contributed by atoms with Gasteiger partial charge in [-0.2, -0.15) is 0 Å². The SMILES string of the molecule is OC(CN1CCCN(CCc2ccc3c(c2)OCO3)CC1)C(O)(c1ccccc1)C1CCCC1. The molecule has 1 aliphatic carbocycles. The van der Waals surface area contributed by atoms with E-state index in [1.807, 2.05) is 36.4 Å². The van der Waals surface area contributed by atoms with Crippen molar-refractivity contribution in [3.8, 4) is 11.5 Å². The summed E-state index contributed by atoms with van der Waals surface area (Å²) in [4.78, 5) is 4.85. The standard InChI is InChI=1S/C28H38N2O4/c31-27(28(32,24-9-4-5-10-24)23-7-2-1-3-8-23)20-30-15-6-14-29(17-18-30)16-13-22-11-12-25-26(19-22)34-21-33-25/h1-3,7-8,11-12,19,24,27,31-32H,4-6,9-10,13-18,20-21H2. The Labute approximate surface area is 203 Å². The Morgan fingerprint density at radius 3 is 2.44 bits per heavy atom. The molecule has 0 amide bonds. The quantitative estimate of drug-likeness (QED) is 0.622. The second-order valence-electron chi connectivity index (χ2n) is 10.1. The second-order valence-corrected chi connectivity index (χ2v) is 10.1. The van der Waals surface area contributed by atoms with Crippen LogP contribution in [0.1, 0.15) is 43.2 Å². The molecule has 6 nitrogen and oxygen atoms in total. The molecule has 2 heterocycles. The molecule has 34 heavy (non-hydrogen) atoms. The highest BCUT2D eigenvalue weighted by molar-refractivity contribution is 5.44. The van der Waals surface area contributed by atoms with E-state index in [1.165, 1.54) is 5.56 Å². The monoisotopic (exact) mass is 466 g/mol. The van der Waals surface area contributed by atoms with Crippen LogP contribution in [0.15, 0.2) is 48.5 Å². The van der Waals surface area contributed by atoms with E-state index in [4.69, 9.17) is 9.47 Å². The fourth-order valence-corrected chi connectivity index (χ4v) is 5.97. The lowest BCUT2D eigenvalue weighted by molar-refractivity contribution is -0.128. The van der Waals surface area contributed by atoms with Crippen molar-refractivity contribution < 1.29 is 19.7 Å². The van der Waals surface area contributed by atoms with E-state index >= 15 is 0 Å². The van der Waals surface area contributed by atoms with Crippen LogP contribution in [0.5, 0.6) is 11.5 Å². The molecule has 2 aromatic carbocycles. The summed E-state index contributed by atoms with van der Waals surface area (Å²) < 4.78 is 10.9. The van der Waals surface area contributed by atoms with Gasteiger partial charge in [-0.1, -0.05) is 49.2 Å². The Hall–Kier alpha value is -2.12. The molecule has 5 rings (SSSR count). The summed E-state index contributed by atoms with van der Waals surface area (Å²) in [6.45, 7) is 5.73. The number of hydrogen-bond acceptors (Lipinski definition) is 6. The minimum absolute atomic E-state index is 0.120. The molecule has 0 radical (unpaired) electrons. The van der Waals surface area contributed by atoms with Crippen LogP contribution in [0.2, 0.25) is 0 Å². The first-order chi connectivity index (χ1) is 16.6. The van der Waals surface area contributed by atoms with Gasteiger partial charge in [0.2, 0.25) is 6.79 Å². The number of aliphatic hydroxyl groups is 2. The number of ether oxygens (including phenoxy) is 2. The van der Waals surface area contributed by atoms with Gasteiger partial charge in [0.15, 0.2) is 11.5 Å². The minimum atomic E-state index is -1.18. The lowest BCUT2D eigenvalue weighted by atomic mass is 9.76. The fourth-order valence-electron chi connectivity index (χ4n) is 5.97. The highest BCUT2D eigenvalue weighted by Gasteiger charge is 2.46. The van der Waals surface area contributed by atoms with Crippen LogP contribution >= 0.6 is 0 Å². The van der Waals surface area contributed by atoms with Crippen LogP contribution in [0, 0.1) is 5.92 Å². The zero-order chi connectivity index (χ0) is 23.4. The third-order valence-electron chi connectivity index (χ3n) is 7.99. The van der Waals surface area contributed by atoms with Gasteiger partial charge in [-0.15, -0.1) is 0 Å². The summed E-state index contributed by atoms with van der Waals surface area (Å²) in [5, 5.41) is 23.3. The van der Waals surface area contributed by atoms with E-state index in [1.54, 1.807) is 0 Å². The zero-order valence-electron chi connectivity index (χ0n) is 20.1. The third kappa shape index (κ3) is 5.10. The Morgan fingerprint density at radius 1 is 0.882 bits per heavy atom. The second kappa shape index (κ2) is 10.6. The van der Waals surface area contributed by atoms with Gasteiger partial charge in [0.05, 0.1) is 6.10 Å². The fraction of sp³-hybridized carbons (Fsp3) is 0.571. The maximum Gasteiger partial charge on any atom is 0.231 e. The number of rotatable bonds is 8. The summed E-state index contributed by atoms with van der Waals surface area (Å²) in [7, 11) is 0. The maximum absolute atomic E-state index is 11.9. The van der Waals surface area contributed by atoms with Gasteiger partial charge in [-0.25, -0.2) is 0 Å². The van der Waals surface area contributed by atoms with E-state index in [-0.39, 0.29) is 5.92 Å². The van der Waals surface area contributed by atoms with E-state index in [0.29, 0.717) is 13.3 Å². The molecule has 1 saturated heterocycles. The first-order valence-corrected chi connectivity index (χ1v) is 12.9. The Bertz CT molecular complexity index is 933. The van der Waals surface area contributed by atoms with Gasteiger partial charge in [0.1, 0.15) is 5.60 Å². The molecular formula is C28H38N2O4. The largest absolute Gasteiger partial charge is 0.454 e. The molecule has 6 heteroatoms. The molecule has 2 N–H and O–H groups in total. The molecule has 2 fully saturated rings. The van der Waals surface area contributed by atoms with Gasteiger partial charge in [0.25, 0.3) is 0 Å². The van der Waals surface area contributed by atoms with Crippen LogP contribution in [0.25, 0.3) is 0 Å². The summed E-state index contributed by atoms with van der Waals surface area (Å²) in [6, 6.07) is 16.1. The highest BCUT2D eigenvalue weighted by Crippen LogP contribution is 2.43. The molecule has 0 bridgehead atoms. The first-order valence-electron chi connectivity index (χ1n) is 12.9. The molecular weight excluding hydrogens is 428 g/mol. The van der Waals surface area contributed by atoms with Crippen LogP contribution in [-0.2, 0) is 12.0 Å². The van der Waals surface area contributed by atoms with Crippen LogP contribution in [-0.4, -0.2) is 72.2 Å². The van der Waals surface area contributed by atoms with E-state index in [9.17, 15) is 10.2 Å². The molecule has 2 atom stereocenters. The Balaban J connectivity index is 1.17. The van der Waals surface area contributed by atoms with Crippen molar-refractivity contribution in [2.45, 2.75) is 50.2 Å². The zero-order valence-corrected chi connectivity index (χ0v) is 20.1. The number of nitrogens with zero attached hydrogens (tertiary/aromatic N) is 2. The maximum atomic E-state index is 11.9. The summed E-state index contributed by atoms with van der Waals surface area (Å²) in [6.07, 6.45) is 5.49. The Kier molecular flexibility index (Phi) is 7.40. The molecule has 2 aromatic rings. The number of hydrogen-bond donors (Lipinski definition) is 2. The van der Waals surface area contributed by atoms with Gasteiger partial charge in [-0.3, -0.25) is 4.90 Å². The molecule has 0 spiro atoms. The van der Waals surface area contributed by atoms with Crippen LogP contribution < -0.4 is 9.47 Å². The molecule has 3 aliphatic rings. The summed E-state index contributed by atoms with van der Waals surface area (Å²) in [5.41, 5.74) is 0.947. The average Bonchev–Trinajstić information content (AvgIpc) is 3.53. The van der Waals surface area contributed by atoms with Crippen molar-refractivity contribution >= 4 is 0 Å². The Morgan fingerprint density at radius 2 is 1.62 bits per heavy atom. The van der Waals surface area contributed by atoms with Crippen molar-refractivity contribution in [3.05, 3.63) is 59.7 Å². The van der Waals surface area contributed by atoms with Gasteiger partial charge >= 0.3 is 0 Å². The predicted octanol–water partition coefficient (Wildman–Crippen LogP) is 3.40. The van der Waals surface area contributed by atoms with Crippen molar-refractivity contribution in [2.24, 2.45) is 5.92 Å². The first kappa shape index (κ1) is 23.6. The smallest absolute Gasteiger partial charge is 0.231 e. The number of benzene rings is 2. The summed E-state index contributed by atoms with van der Waals surface area (Å²) >= 11 is 0. The van der Waals surface area contributed by atoms with Crippen LogP contribution in [0.4, 0.5) is 0 Å². The van der Waals surface area contributed by atoms with E-state index in [0.717, 1.165) is 88.3 Å². The third-order valence-corrected chi connectivity index (χ3v) is 7.99. The number of aliphatic hydroxyl groups excluding tert-OH is 1. The minimum Gasteiger partial charge on any atom is -0.454 e. The molecule has 184 valence electrons. The van der Waals surface area contributed by atoms with Gasteiger partial charge in [-0.05, 0) is 68.0 Å². The number of fused-ring (bicyclic) bond motifs is 1. The van der Waals surface area contributed by atoms with Crippen molar-refractivity contribution in [2.75, 3.05) is 46.1 Å². The van der Waals surface area contributed by atoms with Gasteiger partial charge < -0.3 is 24.6 Å². The van der Waals surface area contributed by atoms with E-state index < -0.39 is 11.7 Å². The van der Waals surface area contributed by atoms with Crippen molar-refractivity contribution in [1.82, 2.24) is 9.80 Å². The molecule has 1 saturated carbocycles. The van der Waals surface area contributed by atoms with Crippen molar-refractivity contribution in [3.63, 3.8) is 0 Å². The van der Waals surface area contributed by atoms with Crippen LogP contribution in [0.3, 0.4) is 0 Å². The highest BCUT2D eigenvalue weighted by atomic mass is 16.7.